The zero-order valence-corrected chi connectivity index (χ0v) is 11.0. The molecule has 2 N–H and O–H groups in total. The lowest BCUT2D eigenvalue weighted by Gasteiger charge is -2.07. The molecule has 0 aliphatic heterocycles. The number of nitriles is 1. The Hall–Kier alpha value is -1.79. The lowest BCUT2D eigenvalue weighted by Crippen LogP contribution is -1.89. The normalized spacial score (nSPS) is 10.2. The Balaban J connectivity index is 2.73. The molecule has 0 unspecified atom stereocenters. The molecule has 1 aromatic heterocycles. The van der Waals surface area contributed by atoms with Crippen LogP contribution >= 0.6 is 11.3 Å². The van der Waals surface area contributed by atoms with Crippen LogP contribution in [0.15, 0.2) is 18.2 Å². The van der Waals surface area contributed by atoms with Crippen molar-refractivity contribution in [2.75, 3.05) is 5.73 Å². The van der Waals surface area contributed by atoms with Gasteiger partial charge in [0.2, 0.25) is 0 Å². The highest BCUT2D eigenvalue weighted by Crippen LogP contribution is 2.38. The molecule has 2 aromatic rings. The number of rotatable bonds is 1. The van der Waals surface area contributed by atoms with E-state index in [1.165, 1.54) is 22.5 Å². The second-order valence-electron chi connectivity index (χ2n) is 4.20. The van der Waals surface area contributed by atoms with E-state index in [0.29, 0.717) is 10.6 Å². The highest BCUT2D eigenvalue weighted by Gasteiger charge is 2.16. The van der Waals surface area contributed by atoms with Crippen molar-refractivity contribution in [3.8, 4) is 17.2 Å². The third-order valence-electron chi connectivity index (χ3n) is 2.87. The summed E-state index contributed by atoms with van der Waals surface area (Å²) in [6, 6.07) is 8.47. The van der Waals surface area contributed by atoms with Gasteiger partial charge in [0.05, 0.1) is 5.56 Å². The summed E-state index contributed by atoms with van der Waals surface area (Å²) in [5.74, 6) is 0. The number of nitrogens with two attached hydrogens (primary N) is 1. The largest absolute Gasteiger partial charge is 0.389 e. The van der Waals surface area contributed by atoms with Crippen molar-refractivity contribution in [2.45, 2.75) is 20.8 Å². The fraction of sp³-hybridized carbons (Fsp3) is 0.214. The van der Waals surface area contributed by atoms with E-state index in [-0.39, 0.29) is 0 Å². The standard InChI is InChI=1S/C14H14N2S/c1-8-4-5-11(9(2)6-8)13-10(3)17-14(16)12(13)7-15/h4-6H,16H2,1-3H3. The van der Waals surface area contributed by atoms with Crippen LogP contribution in [0.25, 0.3) is 11.1 Å². The first-order valence-corrected chi connectivity index (χ1v) is 6.23. The zero-order valence-electron chi connectivity index (χ0n) is 10.2. The van der Waals surface area contributed by atoms with Gasteiger partial charge in [0.25, 0.3) is 0 Å². The molecule has 2 rings (SSSR count). The van der Waals surface area contributed by atoms with Gasteiger partial charge in [0.1, 0.15) is 11.1 Å². The van der Waals surface area contributed by atoms with Crippen LogP contribution in [0.4, 0.5) is 5.00 Å². The second kappa shape index (κ2) is 4.23. The number of anilines is 1. The summed E-state index contributed by atoms with van der Waals surface area (Å²) >= 11 is 1.48. The highest BCUT2D eigenvalue weighted by atomic mass is 32.1. The third-order valence-corrected chi connectivity index (χ3v) is 3.81. The molecule has 0 bridgehead atoms. The van der Waals surface area contributed by atoms with E-state index in [0.717, 1.165) is 16.0 Å². The molecular formula is C14H14N2S. The summed E-state index contributed by atoms with van der Waals surface area (Å²) in [7, 11) is 0. The van der Waals surface area contributed by atoms with Crippen LogP contribution in [-0.4, -0.2) is 0 Å². The average Bonchev–Trinajstić information content (AvgIpc) is 2.53. The molecule has 0 atom stereocenters. The van der Waals surface area contributed by atoms with Gasteiger partial charge in [0.15, 0.2) is 0 Å². The lowest BCUT2D eigenvalue weighted by atomic mass is 9.96. The molecule has 86 valence electrons. The molecule has 0 radical (unpaired) electrons. The fourth-order valence-corrected chi connectivity index (χ4v) is 2.99. The maximum absolute atomic E-state index is 9.20. The smallest absolute Gasteiger partial charge is 0.105 e. The van der Waals surface area contributed by atoms with Crippen molar-refractivity contribution in [3.63, 3.8) is 0 Å². The average molecular weight is 242 g/mol. The van der Waals surface area contributed by atoms with Gasteiger partial charge < -0.3 is 5.73 Å². The number of nitrogen functional groups attached to an aromatic ring is 1. The summed E-state index contributed by atoms with van der Waals surface area (Å²) < 4.78 is 0. The minimum atomic E-state index is 0.611. The van der Waals surface area contributed by atoms with Gasteiger partial charge >= 0.3 is 0 Å². The van der Waals surface area contributed by atoms with E-state index in [1.807, 2.05) is 6.92 Å². The minimum Gasteiger partial charge on any atom is -0.389 e. The van der Waals surface area contributed by atoms with E-state index >= 15 is 0 Å². The van der Waals surface area contributed by atoms with Gasteiger partial charge in [0, 0.05) is 10.4 Å². The van der Waals surface area contributed by atoms with Crippen LogP contribution in [0.5, 0.6) is 0 Å². The van der Waals surface area contributed by atoms with Gasteiger partial charge in [-0.05, 0) is 31.9 Å². The lowest BCUT2D eigenvalue weighted by molar-refractivity contribution is 1.37. The highest BCUT2D eigenvalue weighted by molar-refractivity contribution is 7.16. The predicted molar refractivity (Wildman–Crippen MR) is 73.1 cm³/mol. The van der Waals surface area contributed by atoms with Gasteiger partial charge in [-0.15, -0.1) is 11.3 Å². The summed E-state index contributed by atoms with van der Waals surface area (Å²) in [6.07, 6.45) is 0. The first-order chi connectivity index (χ1) is 8.04. The van der Waals surface area contributed by atoms with Crippen LogP contribution < -0.4 is 5.73 Å². The van der Waals surface area contributed by atoms with E-state index in [1.54, 1.807) is 0 Å². The number of benzene rings is 1. The summed E-state index contributed by atoms with van der Waals surface area (Å²) in [4.78, 5) is 1.10. The molecule has 17 heavy (non-hydrogen) atoms. The predicted octanol–water partition coefficient (Wildman–Crippen LogP) is 3.79. The first-order valence-electron chi connectivity index (χ1n) is 5.41. The Morgan fingerprint density at radius 1 is 1.24 bits per heavy atom. The number of thiophene rings is 1. The Kier molecular flexibility index (Phi) is 2.91. The molecule has 0 aliphatic rings. The Labute approximate surface area is 105 Å². The number of nitrogens with zero attached hydrogens (tertiary/aromatic N) is 1. The summed E-state index contributed by atoms with van der Waals surface area (Å²) in [5.41, 5.74) is 11.0. The molecule has 0 aliphatic carbocycles. The van der Waals surface area contributed by atoms with Crippen LogP contribution in [0.3, 0.4) is 0 Å². The third kappa shape index (κ3) is 1.92. The molecule has 0 spiro atoms. The van der Waals surface area contributed by atoms with E-state index in [4.69, 9.17) is 5.73 Å². The number of hydrogen-bond acceptors (Lipinski definition) is 3. The van der Waals surface area contributed by atoms with Crippen LogP contribution in [0, 0.1) is 32.1 Å². The van der Waals surface area contributed by atoms with Crippen molar-refractivity contribution in [3.05, 3.63) is 39.8 Å². The zero-order chi connectivity index (χ0) is 12.6. The number of hydrogen-bond donors (Lipinski definition) is 1. The Morgan fingerprint density at radius 3 is 2.53 bits per heavy atom. The van der Waals surface area contributed by atoms with Crippen LogP contribution in [-0.2, 0) is 0 Å². The van der Waals surface area contributed by atoms with Crippen LogP contribution in [0.1, 0.15) is 21.6 Å². The monoisotopic (exact) mass is 242 g/mol. The van der Waals surface area contributed by atoms with E-state index in [9.17, 15) is 5.26 Å². The maximum atomic E-state index is 9.20. The van der Waals surface area contributed by atoms with Crippen molar-refractivity contribution < 1.29 is 0 Å². The van der Waals surface area contributed by atoms with Crippen molar-refractivity contribution in [1.29, 1.82) is 5.26 Å². The molecule has 3 heteroatoms. The van der Waals surface area contributed by atoms with Crippen molar-refractivity contribution in [2.24, 2.45) is 0 Å². The summed E-state index contributed by atoms with van der Waals surface area (Å²) in [5, 5.41) is 9.81. The molecule has 0 amide bonds. The maximum Gasteiger partial charge on any atom is 0.105 e. The molecule has 0 saturated carbocycles. The fourth-order valence-electron chi connectivity index (χ4n) is 2.10. The topological polar surface area (TPSA) is 49.8 Å². The molecule has 2 nitrogen and oxygen atoms in total. The van der Waals surface area contributed by atoms with Crippen molar-refractivity contribution >= 4 is 16.3 Å². The SMILES string of the molecule is Cc1ccc(-c2c(C)sc(N)c2C#N)c(C)c1. The molecule has 0 saturated heterocycles. The molecule has 1 heterocycles. The van der Waals surface area contributed by atoms with Gasteiger partial charge in [-0.3, -0.25) is 0 Å². The Bertz CT molecular complexity index is 618. The molecule has 1 aromatic carbocycles. The Morgan fingerprint density at radius 2 is 1.94 bits per heavy atom. The van der Waals surface area contributed by atoms with Gasteiger partial charge in [-0.2, -0.15) is 5.26 Å². The quantitative estimate of drug-likeness (QED) is 0.827. The van der Waals surface area contributed by atoms with Crippen molar-refractivity contribution in [1.82, 2.24) is 0 Å². The van der Waals surface area contributed by atoms with Gasteiger partial charge in [-0.25, -0.2) is 0 Å². The molecular weight excluding hydrogens is 228 g/mol. The summed E-state index contributed by atoms with van der Waals surface area (Å²) in [6.45, 7) is 6.14. The number of aryl methyl sites for hydroxylation is 3. The van der Waals surface area contributed by atoms with E-state index < -0.39 is 0 Å². The minimum absolute atomic E-state index is 0.611. The van der Waals surface area contributed by atoms with E-state index in [2.05, 4.69) is 38.1 Å². The van der Waals surface area contributed by atoms with Gasteiger partial charge in [-0.1, -0.05) is 23.8 Å². The van der Waals surface area contributed by atoms with Crippen LogP contribution in [0.2, 0.25) is 0 Å². The second-order valence-corrected chi connectivity index (χ2v) is 5.46. The molecule has 0 fully saturated rings. The first kappa shape index (κ1) is 11.7.